The van der Waals surface area contributed by atoms with Gasteiger partial charge in [-0.15, -0.1) is 0 Å². The smallest absolute Gasteiger partial charge is 0.00166 e. The first-order valence-corrected chi connectivity index (χ1v) is 25.0. The minimum atomic E-state index is -1.01. The molecule has 58 heavy (non-hydrogen) atoms. The molecule has 0 aliphatic carbocycles. The van der Waals surface area contributed by atoms with Crippen molar-refractivity contribution in [2.24, 2.45) is 0 Å². The van der Waals surface area contributed by atoms with Crippen molar-refractivity contribution in [3.05, 3.63) is 255 Å². The van der Waals surface area contributed by atoms with E-state index in [0.29, 0.717) is 0 Å². The van der Waals surface area contributed by atoms with Crippen LogP contribution in [-0.2, 0) is 0 Å². The monoisotopic (exact) mass is 814 g/mol. The Balaban J connectivity index is 1.49. The molecule has 0 saturated carbocycles. The molecule has 0 unspecified atom stereocenters. The molecule has 0 spiro atoms. The molecule has 0 aliphatic rings. The highest BCUT2D eigenvalue weighted by atomic mass is 31.1. The van der Waals surface area contributed by atoms with Gasteiger partial charge in [-0.05, 0) is 102 Å². The largest absolute Gasteiger partial charge is 0.0622 e. The number of hydrogen-bond acceptors (Lipinski definition) is 0. The van der Waals surface area contributed by atoms with Crippen LogP contribution in [0.15, 0.2) is 255 Å². The van der Waals surface area contributed by atoms with Crippen LogP contribution in [-0.4, -0.2) is 0 Å². The van der Waals surface area contributed by atoms with Crippen LogP contribution in [0.3, 0.4) is 0 Å². The van der Waals surface area contributed by atoms with Gasteiger partial charge in [0.25, 0.3) is 0 Å². The second-order valence-corrected chi connectivity index (χ2v) is 22.6. The molecule has 9 aromatic carbocycles. The van der Waals surface area contributed by atoms with E-state index in [0.717, 1.165) is 0 Å². The molecule has 0 aromatic heterocycles. The molecule has 0 amide bonds. The normalized spacial score (nSPS) is 11.4. The summed E-state index contributed by atoms with van der Waals surface area (Å²) in [6.07, 6.45) is 0. The van der Waals surface area contributed by atoms with E-state index in [9.17, 15) is 0 Å². The molecule has 4 heteroatoms. The lowest BCUT2D eigenvalue weighted by molar-refractivity contribution is 1.74. The second-order valence-electron chi connectivity index (χ2n) is 13.9. The van der Waals surface area contributed by atoms with Crippen molar-refractivity contribution in [2.45, 2.75) is 0 Å². The predicted molar refractivity (Wildman–Crippen MR) is 261 cm³/mol. The van der Waals surface area contributed by atoms with E-state index in [1.165, 1.54) is 63.7 Å². The van der Waals surface area contributed by atoms with Gasteiger partial charge in [0.05, 0.1) is 0 Å². The topological polar surface area (TPSA) is 0 Å². The second kappa shape index (κ2) is 18.5. The molecule has 9 rings (SSSR count). The zero-order chi connectivity index (χ0) is 38.9. The van der Waals surface area contributed by atoms with E-state index in [-0.39, 0.29) is 0 Å². The first-order chi connectivity index (χ1) is 28.8. The third kappa shape index (κ3) is 8.32. The summed E-state index contributed by atoms with van der Waals surface area (Å²) in [4.78, 5) is 0. The molecule has 0 saturated heterocycles. The van der Waals surface area contributed by atoms with Crippen LogP contribution < -0.4 is 63.7 Å². The molecule has 278 valence electrons. The van der Waals surface area contributed by atoms with E-state index >= 15 is 0 Å². The lowest BCUT2D eigenvalue weighted by Crippen LogP contribution is -2.46. The Morgan fingerprint density at radius 3 is 0.586 bits per heavy atom. The van der Waals surface area contributed by atoms with Crippen LogP contribution in [0.2, 0.25) is 0 Å². The van der Waals surface area contributed by atoms with Crippen molar-refractivity contribution in [1.29, 1.82) is 0 Å². The van der Waals surface area contributed by atoms with Crippen molar-refractivity contribution in [3.63, 3.8) is 0 Å². The fourth-order valence-corrected chi connectivity index (χ4v) is 18.6. The summed E-state index contributed by atoms with van der Waals surface area (Å²) < 4.78 is 0. The minimum absolute atomic E-state index is 0.916. The lowest BCUT2D eigenvalue weighted by Gasteiger charge is -2.34. The van der Waals surface area contributed by atoms with E-state index in [2.05, 4.69) is 255 Å². The molecule has 0 atom stereocenters. The standard InChI is InChI=1S/C54H42P4/c1-9-25-43(26-10-1)55(44-27-11-2-12-28-44)51-41-52(56(45-29-13-3-14-30-45)46-31-15-4-16-32-46)54(58(49-37-21-7-22-38-49)50-39-23-8-24-40-50)53(42-51)57(47-33-17-5-18-34-47)48-35-19-6-20-36-48/h1-42H. The SMILES string of the molecule is c1ccc(P(c2ccccc2)c2cc(P(c3ccccc3)c3ccccc3)c(P(c3ccccc3)c3ccccc3)c(P(c3ccccc3)c3ccccc3)c2)cc1. The van der Waals surface area contributed by atoms with Crippen LogP contribution in [0.25, 0.3) is 0 Å². The Bertz CT molecular complexity index is 2380. The average Bonchev–Trinajstić information content (AvgIpc) is 3.30. The summed E-state index contributed by atoms with van der Waals surface area (Å²) >= 11 is 0. The first kappa shape index (κ1) is 38.2. The Kier molecular flexibility index (Phi) is 12.2. The van der Waals surface area contributed by atoms with E-state index < -0.39 is 31.7 Å². The molecule has 0 radical (unpaired) electrons. The summed E-state index contributed by atoms with van der Waals surface area (Å²) in [5, 5.41) is 16.6. The van der Waals surface area contributed by atoms with Gasteiger partial charge in [0.1, 0.15) is 0 Å². The highest BCUT2D eigenvalue weighted by molar-refractivity contribution is 7.89. The number of benzene rings is 9. The third-order valence-corrected chi connectivity index (χ3v) is 20.4. The van der Waals surface area contributed by atoms with E-state index in [1.54, 1.807) is 0 Å². The summed E-state index contributed by atoms with van der Waals surface area (Å²) in [5.41, 5.74) is 0. The maximum absolute atomic E-state index is 2.65. The maximum Gasteiger partial charge on any atom is 0.00166 e. The van der Waals surface area contributed by atoms with Crippen molar-refractivity contribution >= 4 is 95.3 Å². The minimum Gasteiger partial charge on any atom is -0.0622 e. The summed E-state index contributed by atoms with van der Waals surface area (Å²) in [6.45, 7) is 0. The number of hydrogen-bond donors (Lipinski definition) is 0. The van der Waals surface area contributed by atoms with Crippen LogP contribution in [0.1, 0.15) is 0 Å². The lowest BCUT2D eigenvalue weighted by atomic mass is 10.3. The summed E-state index contributed by atoms with van der Waals surface area (Å²) in [7, 11) is -3.93. The molecule has 0 bridgehead atoms. The molecule has 0 N–H and O–H groups in total. The highest BCUT2D eigenvalue weighted by Crippen LogP contribution is 2.44. The fourth-order valence-electron chi connectivity index (χ4n) is 7.61. The fraction of sp³-hybridized carbons (Fsp3) is 0. The highest BCUT2D eigenvalue weighted by Gasteiger charge is 2.34. The molecular weight excluding hydrogens is 772 g/mol. The first-order valence-electron chi connectivity index (χ1n) is 19.6. The zero-order valence-corrected chi connectivity index (χ0v) is 35.6. The van der Waals surface area contributed by atoms with Crippen molar-refractivity contribution < 1.29 is 0 Å². The van der Waals surface area contributed by atoms with E-state index in [4.69, 9.17) is 0 Å². The van der Waals surface area contributed by atoms with Gasteiger partial charge in [-0.2, -0.15) is 0 Å². The maximum atomic E-state index is 2.65. The Hall–Kier alpha value is -5.30. The Labute approximate surface area is 348 Å². The van der Waals surface area contributed by atoms with Crippen LogP contribution in [0.4, 0.5) is 0 Å². The molecule has 9 aromatic rings. The average molecular weight is 815 g/mol. The van der Waals surface area contributed by atoms with Gasteiger partial charge in [0.15, 0.2) is 0 Å². The van der Waals surface area contributed by atoms with Gasteiger partial charge >= 0.3 is 0 Å². The van der Waals surface area contributed by atoms with Gasteiger partial charge in [0.2, 0.25) is 0 Å². The summed E-state index contributed by atoms with van der Waals surface area (Å²) in [5.74, 6) is 0. The Morgan fingerprint density at radius 2 is 0.362 bits per heavy atom. The number of rotatable bonds is 12. The predicted octanol–water partition coefficient (Wildman–Crippen LogP) is 8.72. The van der Waals surface area contributed by atoms with Gasteiger partial charge in [-0.3, -0.25) is 0 Å². The quantitative estimate of drug-likeness (QED) is 0.108. The molecule has 0 nitrogen and oxygen atoms in total. The van der Waals surface area contributed by atoms with E-state index in [1.807, 2.05) is 0 Å². The Morgan fingerprint density at radius 1 is 0.172 bits per heavy atom. The molecule has 0 heterocycles. The molecule has 0 aliphatic heterocycles. The van der Waals surface area contributed by atoms with Crippen molar-refractivity contribution in [3.8, 4) is 0 Å². The van der Waals surface area contributed by atoms with Crippen LogP contribution >= 0.6 is 31.7 Å². The van der Waals surface area contributed by atoms with Crippen LogP contribution in [0, 0.1) is 0 Å². The molecular formula is C54H42P4. The zero-order valence-electron chi connectivity index (χ0n) is 32.0. The van der Waals surface area contributed by atoms with Crippen LogP contribution in [0.5, 0.6) is 0 Å². The van der Waals surface area contributed by atoms with Gasteiger partial charge in [-0.25, -0.2) is 0 Å². The molecule has 0 fully saturated rings. The third-order valence-electron chi connectivity index (χ3n) is 10.1. The van der Waals surface area contributed by atoms with Gasteiger partial charge in [0, 0.05) is 5.30 Å². The van der Waals surface area contributed by atoms with Gasteiger partial charge < -0.3 is 0 Å². The summed E-state index contributed by atoms with van der Waals surface area (Å²) in [6, 6.07) is 95.6. The van der Waals surface area contributed by atoms with Gasteiger partial charge in [-0.1, -0.05) is 243 Å². The van der Waals surface area contributed by atoms with Crippen molar-refractivity contribution in [2.75, 3.05) is 0 Å². The van der Waals surface area contributed by atoms with Crippen molar-refractivity contribution in [1.82, 2.24) is 0 Å².